The Labute approximate surface area is 137 Å². The summed E-state index contributed by atoms with van der Waals surface area (Å²) in [5.74, 6) is 0.511. The van der Waals surface area contributed by atoms with E-state index >= 15 is 0 Å². The van der Waals surface area contributed by atoms with Crippen LogP contribution in [-0.2, 0) is 0 Å². The number of nitrogens with one attached hydrogen (secondary N) is 1. The molecule has 23 heavy (non-hydrogen) atoms. The lowest BCUT2D eigenvalue weighted by Crippen LogP contribution is -2.20. The lowest BCUT2D eigenvalue weighted by atomic mass is 10.1. The van der Waals surface area contributed by atoms with E-state index in [0.29, 0.717) is 22.4 Å². The molecule has 0 saturated carbocycles. The van der Waals surface area contributed by atoms with E-state index in [1.165, 1.54) is 0 Å². The molecule has 0 aliphatic carbocycles. The average Bonchev–Trinajstić information content (AvgIpc) is 2.55. The van der Waals surface area contributed by atoms with Crippen molar-refractivity contribution in [3.05, 3.63) is 64.5 Å². The molecular weight excluding hydrogens is 314 g/mol. The summed E-state index contributed by atoms with van der Waals surface area (Å²) in [6, 6.07) is 13.8. The summed E-state index contributed by atoms with van der Waals surface area (Å²) in [5, 5.41) is 13.7. The Balaban J connectivity index is 1.98. The maximum atomic E-state index is 12.1. The van der Waals surface area contributed by atoms with Crippen molar-refractivity contribution in [2.24, 2.45) is 0 Å². The fourth-order valence-electron chi connectivity index (χ4n) is 2.20. The summed E-state index contributed by atoms with van der Waals surface area (Å²) in [4.78, 5) is 12.2. The van der Waals surface area contributed by atoms with Gasteiger partial charge in [-0.25, -0.2) is 4.79 Å². The van der Waals surface area contributed by atoms with Crippen LogP contribution in [0.2, 0.25) is 0 Å². The van der Waals surface area contributed by atoms with Gasteiger partial charge in [-0.05, 0) is 36.4 Å². The molecule has 0 radical (unpaired) electrons. The first-order chi connectivity index (χ1) is 11.1. The van der Waals surface area contributed by atoms with Gasteiger partial charge in [0.25, 0.3) is 0 Å². The zero-order chi connectivity index (χ0) is 16.4. The zero-order valence-corrected chi connectivity index (χ0v) is 13.0. The molecule has 5 nitrogen and oxygen atoms in total. The summed E-state index contributed by atoms with van der Waals surface area (Å²) < 4.78 is 10.3. The number of para-hydroxylation sites is 1. The molecule has 0 bridgehead atoms. The lowest BCUT2D eigenvalue weighted by molar-refractivity contribution is 0.415. The van der Waals surface area contributed by atoms with Crippen molar-refractivity contribution in [1.29, 1.82) is 0 Å². The van der Waals surface area contributed by atoms with Gasteiger partial charge in [-0.3, -0.25) is 0 Å². The van der Waals surface area contributed by atoms with Crippen LogP contribution in [0.15, 0.2) is 57.7 Å². The first-order valence-electron chi connectivity index (χ1n) is 6.80. The molecule has 0 aliphatic rings. The smallest absolute Gasteiger partial charge is 0.350 e. The summed E-state index contributed by atoms with van der Waals surface area (Å²) >= 11 is 5.24. The van der Waals surface area contributed by atoms with Gasteiger partial charge in [0.1, 0.15) is 27.6 Å². The van der Waals surface area contributed by atoms with Crippen LogP contribution in [0.25, 0.3) is 11.0 Å². The molecule has 3 rings (SSSR count). The van der Waals surface area contributed by atoms with E-state index in [0.717, 1.165) is 0 Å². The van der Waals surface area contributed by atoms with Gasteiger partial charge in [-0.2, -0.15) is 0 Å². The first kappa shape index (κ1) is 15.1. The highest BCUT2D eigenvalue weighted by Gasteiger charge is 2.18. The largest absolute Gasteiger partial charge is 0.506 e. The van der Waals surface area contributed by atoms with Crippen LogP contribution in [0.4, 0.5) is 5.69 Å². The molecule has 6 heteroatoms. The third-order valence-corrected chi connectivity index (χ3v) is 3.67. The molecule has 0 spiro atoms. The molecule has 0 fully saturated rings. The van der Waals surface area contributed by atoms with Crippen molar-refractivity contribution in [3.63, 3.8) is 0 Å². The highest BCUT2D eigenvalue weighted by atomic mass is 32.1. The van der Waals surface area contributed by atoms with Gasteiger partial charge in [0, 0.05) is 5.69 Å². The molecule has 0 aliphatic heterocycles. The van der Waals surface area contributed by atoms with E-state index in [1.54, 1.807) is 55.6 Å². The quantitative estimate of drug-likeness (QED) is 0.568. The van der Waals surface area contributed by atoms with E-state index in [1.807, 2.05) is 0 Å². The molecule has 2 N–H and O–H groups in total. The number of fused-ring (bicyclic) bond motifs is 1. The van der Waals surface area contributed by atoms with Gasteiger partial charge >= 0.3 is 5.63 Å². The van der Waals surface area contributed by atoms with Gasteiger partial charge < -0.3 is 19.6 Å². The fraction of sp³-hybridized carbons (Fsp3) is 0.0588. The number of hydrogen-bond donors (Lipinski definition) is 2. The number of methoxy groups -OCH3 is 1. The second kappa shape index (κ2) is 6.10. The van der Waals surface area contributed by atoms with Gasteiger partial charge in [0.2, 0.25) is 0 Å². The maximum absolute atomic E-state index is 12.1. The van der Waals surface area contributed by atoms with Gasteiger partial charge in [0.15, 0.2) is 0 Å². The summed E-state index contributed by atoms with van der Waals surface area (Å²) in [5.41, 5.74) is 0.232. The van der Waals surface area contributed by atoms with Gasteiger partial charge in [0.05, 0.1) is 12.5 Å². The van der Waals surface area contributed by atoms with E-state index < -0.39 is 5.63 Å². The minimum Gasteiger partial charge on any atom is -0.506 e. The average molecular weight is 327 g/mol. The number of rotatable bonds is 3. The number of hydrogen-bond acceptors (Lipinski definition) is 5. The molecule has 0 unspecified atom stereocenters. The van der Waals surface area contributed by atoms with Crippen LogP contribution in [0.5, 0.6) is 11.5 Å². The number of anilines is 1. The molecule has 1 aromatic heterocycles. The van der Waals surface area contributed by atoms with Crippen molar-refractivity contribution in [2.75, 3.05) is 12.4 Å². The Morgan fingerprint density at radius 1 is 1.17 bits per heavy atom. The molecule has 0 atom stereocenters. The Kier molecular flexibility index (Phi) is 3.99. The number of aromatic hydroxyl groups is 1. The molecule has 1 heterocycles. The third-order valence-electron chi connectivity index (χ3n) is 3.36. The summed E-state index contributed by atoms with van der Waals surface area (Å²) in [6.45, 7) is 0. The second-order valence-electron chi connectivity index (χ2n) is 4.79. The van der Waals surface area contributed by atoms with E-state index in [9.17, 15) is 9.90 Å². The fourth-order valence-corrected chi connectivity index (χ4v) is 2.50. The maximum Gasteiger partial charge on any atom is 0.350 e. The lowest BCUT2D eigenvalue weighted by Gasteiger charge is -2.10. The highest BCUT2D eigenvalue weighted by Crippen LogP contribution is 2.27. The van der Waals surface area contributed by atoms with Crippen LogP contribution >= 0.6 is 12.2 Å². The molecule has 0 amide bonds. The molecule has 2 aromatic carbocycles. The van der Waals surface area contributed by atoms with Crippen molar-refractivity contribution in [1.82, 2.24) is 0 Å². The molecule has 116 valence electrons. The van der Waals surface area contributed by atoms with Crippen LogP contribution in [-0.4, -0.2) is 17.2 Å². The second-order valence-corrected chi connectivity index (χ2v) is 5.20. The molecule has 0 saturated heterocycles. The van der Waals surface area contributed by atoms with Crippen molar-refractivity contribution in [3.8, 4) is 11.5 Å². The predicted octanol–water partition coefficient (Wildman–Crippen LogP) is 3.29. The SMILES string of the molecule is COc1ccc(NC(=S)c2c(O)c3ccccc3oc2=O)cc1. The summed E-state index contributed by atoms with van der Waals surface area (Å²) in [7, 11) is 1.57. The normalized spacial score (nSPS) is 10.5. The monoisotopic (exact) mass is 327 g/mol. The standard InChI is InChI=1S/C17H13NO4S/c1-21-11-8-6-10(7-9-11)18-16(23)14-15(19)12-4-2-3-5-13(12)22-17(14)20/h2-9,19H,1H3,(H,18,23). The summed E-state index contributed by atoms with van der Waals surface area (Å²) in [6.07, 6.45) is 0. The van der Waals surface area contributed by atoms with Gasteiger partial charge in [-0.15, -0.1) is 0 Å². The predicted molar refractivity (Wildman–Crippen MR) is 92.5 cm³/mol. The van der Waals surface area contributed by atoms with Gasteiger partial charge in [-0.1, -0.05) is 24.4 Å². The Morgan fingerprint density at radius 2 is 1.87 bits per heavy atom. The minimum atomic E-state index is -0.688. The highest BCUT2D eigenvalue weighted by molar-refractivity contribution is 7.81. The van der Waals surface area contributed by atoms with Crippen molar-refractivity contribution >= 4 is 33.9 Å². The van der Waals surface area contributed by atoms with Crippen LogP contribution in [0, 0.1) is 0 Å². The number of benzene rings is 2. The third kappa shape index (κ3) is 2.89. The zero-order valence-electron chi connectivity index (χ0n) is 12.2. The van der Waals surface area contributed by atoms with Crippen LogP contribution < -0.4 is 15.7 Å². The van der Waals surface area contributed by atoms with Crippen molar-refractivity contribution in [2.45, 2.75) is 0 Å². The molecular formula is C17H13NO4S. The number of ether oxygens (including phenoxy) is 1. The first-order valence-corrected chi connectivity index (χ1v) is 7.21. The van der Waals surface area contributed by atoms with E-state index in [4.69, 9.17) is 21.4 Å². The Hall–Kier alpha value is -2.86. The van der Waals surface area contributed by atoms with Crippen LogP contribution in [0.1, 0.15) is 5.56 Å². The van der Waals surface area contributed by atoms with Crippen LogP contribution in [0.3, 0.4) is 0 Å². The topological polar surface area (TPSA) is 71.7 Å². The molecule has 3 aromatic rings. The van der Waals surface area contributed by atoms with E-state index in [2.05, 4.69) is 5.32 Å². The number of thiocarbonyl (C=S) groups is 1. The van der Waals surface area contributed by atoms with E-state index in [-0.39, 0.29) is 16.3 Å². The van der Waals surface area contributed by atoms with Crippen molar-refractivity contribution < 1.29 is 14.3 Å². The Bertz CT molecular complexity index is 931. The minimum absolute atomic E-state index is 0.0606. The Morgan fingerprint density at radius 3 is 2.57 bits per heavy atom.